The van der Waals surface area contributed by atoms with Crippen LogP contribution in [0, 0.1) is 0 Å². The molecule has 0 fully saturated rings. The molecule has 0 spiro atoms. The lowest BCUT2D eigenvalue weighted by atomic mass is 10.0. The number of fused-ring (bicyclic) bond motifs is 2. The Balaban J connectivity index is 1.92. The van der Waals surface area contributed by atoms with E-state index in [9.17, 15) is 4.79 Å². The molecule has 1 aliphatic rings. The van der Waals surface area contributed by atoms with Crippen LogP contribution in [0.15, 0.2) is 41.2 Å². The largest absolute Gasteiger partial charge is 0.497 e. The van der Waals surface area contributed by atoms with Crippen LogP contribution in [0.1, 0.15) is 24.2 Å². The maximum absolute atomic E-state index is 12.9. The van der Waals surface area contributed by atoms with Crippen molar-refractivity contribution in [3.05, 3.63) is 58.1 Å². The Morgan fingerprint density at radius 1 is 1.15 bits per heavy atom. The topological polar surface area (TPSA) is 79.4 Å². The summed E-state index contributed by atoms with van der Waals surface area (Å²) < 4.78 is 12.6. The minimum absolute atomic E-state index is 0.0294. The zero-order valence-electron chi connectivity index (χ0n) is 15.4. The van der Waals surface area contributed by atoms with Crippen molar-refractivity contribution in [3.63, 3.8) is 0 Å². The fraction of sp³-hybridized carbons (Fsp3) is 0.238. The lowest BCUT2D eigenvalue weighted by Gasteiger charge is -2.21. The molecule has 1 aromatic heterocycles. The molecule has 2 aromatic carbocycles. The molecule has 2 N–H and O–H groups in total. The van der Waals surface area contributed by atoms with Crippen LogP contribution in [0.25, 0.3) is 22.6 Å². The van der Waals surface area contributed by atoms with Crippen molar-refractivity contribution in [2.45, 2.75) is 19.4 Å². The number of hydrogen-bond donors (Lipinski definition) is 1. The second-order valence-electron chi connectivity index (χ2n) is 6.55. The van der Waals surface area contributed by atoms with Gasteiger partial charge in [-0.2, -0.15) is 0 Å². The lowest BCUT2D eigenvalue weighted by Crippen LogP contribution is -2.27. The summed E-state index contributed by atoms with van der Waals surface area (Å²) in [7, 11) is 3.27. The summed E-state index contributed by atoms with van der Waals surface area (Å²) in [5.41, 5.74) is 8.95. The van der Waals surface area contributed by atoms with E-state index in [1.54, 1.807) is 37.0 Å². The number of allylic oxidation sites excluding steroid dienone is 1. The average molecular weight is 363 g/mol. The normalized spacial score (nSPS) is 15.0. The first-order valence-electron chi connectivity index (χ1n) is 8.84. The third kappa shape index (κ3) is 3.03. The van der Waals surface area contributed by atoms with Crippen LogP contribution in [-0.4, -0.2) is 23.8 Å². The van der Waals surface area contributed by atoms with Crippen molar-refractivity contribution >= 4 is 28.2 Å². The summed E-state index contributed by atoms with van der Waals surface area (Å²) in [6.45, 7) is 0.661. The highest BCUT2D eigenvalue weighted by Gasteiger charge is 2.19. The Labute approximate surface area is 156 Å². The van der Waals surface area contributed by atoms with Gasteiger partial charge in [0.2, 0.25) is 0 Å². The van der Waals surface area contributed by atoms with Crippen molar-refractivity contribution in [1.82, 2.24) is 9.55 Å². The number of hydrogen-bond acceptors (Lipinski definition) is 5. The first kappa shape index (κ1) is 17.1. The van der Waals surface area contributed by atoms with Gasteiger partial charge in [0.05, 0.1) is 25.1 Å². The number of ether oxygens (including phenoxy) is 2. The van der Waals surface area contributed by atoms with E-state index in [-0.39, 0.29) is 5.56 Å². The minimum Gasteiger partial charge on any atom is -0.497 e. The van der Waals surface area contributed by atoms with Gasteiger partial charge in [0.25, 0.3) is 5.56 Å². The summed E-state index contributed by atoms with van der Waals surface area (Å²) in [5, 5.41) is 0.591. The fourth-order valence-electron chi connectivity index (χ4n) is 3.51. The molecular formula is C21H21N3O3. The number of anilines is 1. The predicted molar refractivity (Wildman–Crippen MR) is 107 cm³/mol. The fourth-order valence-corrected chi connectivity index (χ4v) is 3.51. The van der Waals surface area contributed by atoms with Gasteiger partial charge in [-0.25, -0.2) is 4.98 Å². The summed E-state index contributed by atoms with van der Waals surface area (Å²) in [5.74, 6) is 2.18. The SMILES string of the molecule is COc1ccc(OC)c(C=C2CCCn3c2nc2cc(N)ccc2c3=O)c1. The number of nitrogens with two attached hydrogens (primary N) is 1. The number of benzene rings is 2. The molecule has 0 saturated heterocycles. The highest BCUT2D eigenvalue weighted by atomic mass is 16.5. The standard InChI is InChI=1S/C21H21N3O3/c1-26-16-6-8-19(27-2)14(11-16)10-13-4-3-9-24-20(13)23-18-12-15(22)5-7-17(18)21(24)25/h5-8,10-12H,3-4,9,22H2,1-2H3. The van der Waals surface area contributed by atoms with E-state index >= 15 is 0 Å². The Kier molecular flexibility index (Phi) is 4.32. The maximum atomic E-state index is 12.9. The number of aromatic nitrogens is 2. The second-order valence-corrected chi connectivity index (χ2v) is 6.55. The summed E-state index contributed by atoms with van der Waals surface area (Å²) >= 11 is 0. The van der Waals surface area contributed by atoms with Crippen LogP contribution in [0.3, 0.4) is 0 Å². The van der Waals surface area contributed by atoms with Gasteiger partial charge in [0.15, 0.2) is 0 Å². The van der Waals surface area contributed by atoms with Crippen LogP contribution < -0.4 is 20.8 Å². The van der Waals surface area contributed by atoms with Crippen molar-refractivity contribution in [3.8, 4) is 11.5 Å². The molecule has 0 bridgehead atoms. The van der Waals surface area contributed by atoms with Gasteiger partial charge in [-0.1, -0.05) is 0 Å². The summed E-state index contributed by atoms with van der Waals surface area (Å²) in [6, 6.07) is 10.9. The highest BCUT2D eigenvalue weighted by molar-refractivity contribution is 5.86. The molecule has 0 radical (unpaired) electrons. The molecule has 0 unspecified atom stereocenters. The van der Waals surface area contributed by atoms with Crippen LogP contribution >= 0.6 is 0 Å². The minimum atomic E-state index is -0.0294. The summed E-state index contributed by atoms with van der Waals surface area (Å²) in [6.07, 6.45) is 3.74. The van der Waals surface area contributed by atoms with E-state index in [1.807, 2.05) is 24.3 Å². The van der Waals surface area contributed by atoms with Crippen molar-refractivity contribution < 1.29 is 9.47 Å². The molecule has 3 aromatic rings. The first-order valence-corrected chi connectivity index (χ1v) is 8.84. The molecule has 4 rings (SSSR count). The van der Waals surface area contributed by atoms with Gasteiger partial charge in [0, 0.05) is 17.8 Å². The molecule has 6 heteroatoms. The van der Waals surface area contributed by atoms with E-state index in [4.69, 9.17) is 20.2 Å². The molecule has 6 nitrogen and oxygen atoms in total. The van der Waals surface area contributed by atoms with Crippen molar-refractivity contribution in [2.24, 2.45) is 0 Å². The third-order valence-electron chi connectivity index (χ3n) is 4.86. The molecular weight excluding hydrogens is 342 g/mol. The molecule has 0 amide bonds. The first-order chi connectivity index (χ1) is 13.1. The van der Waals surface area contributed by atoms with Crippen LogP contribution in [0.5, 0.6) is 11.5 Å². The zero-order valence-corrected chi connectivity index (χ0v) is 15.4. The van der Waals surface area contributed by atoms with Gasteiger partial charge in [-0.15, -0.1) is 0 Å². The Hall–Kier alpha value is -3.28. The quantitative estimate of drug-likeness (QED) is 0.722. The number of nitrogen functional groups attached to an aromatic ring is 1. The molecule has 1 aliphatic heterocycles. The molecule has 27 heavy (non-hydrogen) atoms. The number of nitrogens with zero attached hydrogens (tertiary/aromatic N) is 2. The lowest BCUT2D eigenvalue weighted by molar-refractivity contribution is 0.402. The van der Waals surface area contributed by atoms with Crippen LogP contribution in [0.2, 0.25) is 0 Å². The predicted octanol–water partition coefficient (Wildman–Crippen LogP) is 3.33. The number of rotatable bonds is 3. The van der Waals surface area contributed by atoms with Gasteiger partial charge in [0.1, 0.15) is 17.3 Å². The molecule has 0 aliphatic carbocycles. The van der Waals surface area contributed by atoms with E-state index < -0.39 is 0 Å². The van der Waals surface area contributed by atoms with E-state index in [2.05, 4.69) is 0 Å². The van der Waals surface area contributed by atoms with Gasteiger partial charge in [-0.05, 0) is 60.9 Å². The Morgan fingerprint density at radius 3 is 2.78 bits per heavy atom. The molecule has 0 atom stereocenters. The van der Waals surface area contributed by atoms with E-state index in [0.29, 0.717) is 29.0 Å². The van der Waals surface area contributed by atoms with Gasteiger partial charge >= 0.3 is 0 Å². The van der Waals surface area contributed by atoms with Crippen LogP contribution in [-0.2, 0) is 6.54 Å². The third-order valence-corrected chi connectivity index (χ3v) is 4.86. The Bertz CT molecular complexity index is 1120. The van der Waals surface area contributed by atoms with E-state index in [0.717, 1.165) is 35.5 Å². The number of methoxy groups -OCH3 is 2. The zero-order chi connectivity index (χ0) is 19.0. The van der Waals surface area contributed by atoms with E-state index in [1.165, 1.54) is 0 Å². The molecule has 0 saturated carbocycles. The summed E-state index contributed by atoms with van der Waals surface area (Å²) in [4.78, 5) is 17.7. The molecule has 138 valence electrons. The second kappa shape index (κ2) is 6.79. The van der Waals surface area contributed by atoms with Crippen molar-refractivity contribution in [2.75, 3.05) is 20.0 Å². The van der Waals surface area contributed by atoms with Gasteiger partial charge in [-0.3, -0.25) is 9.36 Å². The monoisotopic (exact) mass is 363 g/mol. The van der Waals surface area contributed by atoms with Crippen molar-refractivity contribution in [1.29, 1.82) is 0 Å². The maximum Gasteiger partial charge on any atom is 0.261 e. The highest BCUT2D eigenvalue weighted by Crippen LogP contribution is 2.32. The van der Waals surface area contributed by atoms with Crippen LogP contribution in [0.4, 0.5) is 5.69 Å². The average Bonchev–Trinajstić information content (AvgIpc) is 2.68. The smallest absolute Gasteiger partial charge is 0.261 e. The van der Waals surface area contributed by atoms with Gasteiger partial charge < -0.3 is 15.2 Å². The Morgan fingerprint density at radius 2 is 2.00 bits per heavy atom. The molecule has 2 heterocycles.